The van der Waals surface area contributed by atoms with E-state index in [1.165, 1.54) is 0 Å². The number of nitrogens with zero attached hydrogens (tertiary/aromatic N) is 2. The van der Waals surface area contributed by atoms with Crippen LogP contribution in [0.5, 0.6) is 11.5 Å². The molecular weight excluding hydrogens is 214 g/mol. The van der Waals surface area contributed by atoms with Crippen LogP contribution in [-0.4, -0.2) is 9.78 Å². The largest absolute Gasteiger partial charge is 0.453 e. The van der Waals surface area contributed by atoms with Gasteiger partial charge in [-0.1, -0.05) is 0 Å². The van der Waals surface area contributed by atoms with Gasteiger partial charge in [0.1, 0.15) is 11.4 Å². The molecule has 0 radical (unpaired) electrons. The predicted octanol–water partition coefficient (Wildman–Crippen LogP) is 2.72. The third kappa shape index (κ3) is 2.25. The number of nitrogens with two attached hydrogens (primary N) is 1. The maximum absolute atomic E-state index is 5.86. The molecule has 0 aliphatic carbocycles. The van der Waals surface area contributed by atoms with Crippen molar-refractivity contribution >= 4 is 5.69 Å². The van der Waals surface area contributed by atoms with Crippen LogP contribution in [0.4, 0.5) is 5.69 Å². The minimum absolute atomic E-state index is 0.708. The zero-order valence-corrected chi connectivity index (χ0v) is 10.6. The quantitative estimate of drug-likeness (QED) is 0.808. The van der Waals surface area contributed by atoms with Crippen molar-refractivity contribution in [2.75, 3.05) is 5.73 Å². The van der Waals surface area contributed by atoms with Crippen molar-refractivity contribution in [3.63, 3.8) is 0 Å². The molecule has 0 unspecified atom stereocenters. The van der Waals surface area contributed by atoms with Crippen molar-refractivity contribution in [2.45, 2.75) is 20.8 Å². The van der Waals surface area contributed by atoms with Gasteiger partial charge in [0.25, 0.3) is 0 Å². The Kier molecular flexibility index (Phi) is 2.79. The Morgan fingerprint density at radius 3 is 2.41 bits per heavy atom. The standard InChI is InChI=1S/C13H17N3O/c1-8-5-11(14)7-12(6-8)17-13-9(2)15-16(4)10(13)3/h5-7H,14H2,1-4H3. The molecule has 1 aromatic heterocycles. The van der Waals surface area contributed by atoms with Crippen LogP contribution in [0.15, 0.2) is 18.2 Å². The van der Waals surface area contributed by atoms with Gasteiger partial charge in [0.05, 0.1) is 5.69 Å². The third-order valence-corrected chi connectivity index (χ3v) is 2.74. The first-order valence-electron chi connectivity index (χ1n) is 5.52. The molecule has 0 bridgehead atoms. The minimum atomic E-state index is 0.708. The van der Waals surface area contributed by atoms with E-state index in [1.807, 2.05) is 50.7 Å². The first-order chi connectivity index (χ1) is 7.97. The lowest BCUT2D eigenvalue weighted by molar-refractivity contribution is 0.474. The number of anilines is 1. The zero-order chi connectivity index (χ0) is 12.6. The first-order valence-corrected chi connectivity index (χ1v) is 5.52. The van der Waals surface area contributed by atoms with Crippen LogP contribution in [0.2, 0.25) is 0 Å². The number of hydrogen-bond donors (Lipinski definition) is 1. The van der Waals surface area contributed by atoms with Gasteiger partial charge >= 0.3 is 0 Å². The third-order valence-electron chi connectivity index (χ3n) is 2.74. The van der Waals surface area contributed by atoms with Crippen LogP contribution in [0, 0.1) is 20.8 Å². The Bertz CT molecular complexity index is 538. The van der Waals surface area contributed by atoms with Crippen molar-refractivity contribution < 1.29 is 4.74 Å². The molecule has 2 N–H and O–H groups in total. The molecule has 0 aliphatic heterocycles. The molecule has 0 amide bonds. The van der Waals surface area contributed by atoms with E-state index in [1.54, 1.807) is 0 Å². The van der Waals surface area contributed by atoms with Crippen molar-refractivity contribution in [1.82, 2.24) is 9.78 Å². The van der Waals surface area contributed by atoms with Gasteiger partial charge in [-0.25, -0.2) is 0 Å². The fourth-order valence-corrected chi connectivity index (χ4v) is 1.86. The number of benzene rings is 1. The Balaban J connectivity index is 2.37. The topological polar surface area (TPSA) is 53.1 Å². The van der Waals surface area contributed by atoms with E-state index in [4.69, 9.17) is 10.5 Å². The van der Waals surface area contributed by atoms with Crippen LogP contribution < -0.4 is 10.5 Å². The molecule has 4 nitrogen and oxygen atoms in total. The lowest BCUT2D eigenvalue weighted by Gasteiger charge is -2.08. The molecule has 1 aromatic carbocycles. The van der Waals surface area contributed by atoms with Crippen molar-refractivity contribution in [1.29, 1.82) is 0 Å². The SMILES string of the molecule is Cc1cc(N)cc(Oc2c(C)nn(C)c2C)c1. The Morgan fingerprint density at radius 1 is 1.18 bits per heavy atom. The van der Waals surface area contributed by atoms with Crippen LogP contribution in [0.25, 0.3) is 0 Å². The second-order valence-electron chi connectivity index (χ2n) is 4.31. The molecule has 4 heteroatoms. The van der Waals surface area contributed by atoms with Crippen LogP contribution in [0.1, 0.15) is 17.0 Å². The first kappa shape index (κ1) is 11.5. The van der Waals surface area contributed by atoms with E-state index in [2.05, 4.69) is 5.10 Å². The lowest BCUT2D eigenvalue weighted by Crippen LogP contribution is -1.94. The summed E-state index contributed by atoms with van der Waals surface area (Å²) in [5.41, 5.74) is 9.47. The number of nitrogen functional groups attached to an aromatic ring is 1. The predicted molar refractivity (Wildman–Crippen MR) is 68.3 cm³/mol. The molecule has 0 saturated carbocycles. The maximum Gasteiger partial charge on any atom is 0.171 e. The summed E-state index contributed by atoms with van der Waals surface area (Å²) in [6.45, 7) is 5.90. The van der Waals surface area contributed by atoms with Crippen LogP contribution >= 0.6 is 0 Å². The highest BCUT2D eigenvalue weighted by molar-refractivity contribution is 5.49. The van der Waals surface area contributed by atoms with E-state index in [-0.39, 0.29) is 0 Å². The molecule has 0 aliphatic rings. The smallest absolute Gasteiger partial charge is 0.171 e. The monoisotopic (exact) mass is 231 g/mol. The van der Waals surface area contributed by atoms with Gasteiger partial charge in [-0.15, -0.1) is 0 Å². The normalized spacial score (nSPS) is 10.6. The Labute approximate surface area is 101 Å². The number of ether oxygens (including phenoxy) is 1. The highest BCUT2D eigenvalue weighted by atomic mass is 16.5. The summed E-state index contributed by atoms with van der Waals surface area (Å²) in [7, 11) is 1.90. The molecule has 0 fully saturated rings. The summed E-state index contributed by atoms with van der Waals surface area (Å²) in [6.07, 6.45) is 0. The van der Waals surface area contributed by atoms with Gasteiger partial charge in [0, 0.05) is 18.8 Å². The summed E-state index contributed by atoms with van der Waals surface area (Å²) in [6, 6.07) is 5.69. The molecule has 0 saturated heterocycles. The van der Waals surface area contributed by atoms with Crippen molar-refractivity contribution in [3.05, 3.63) is 35.2 Å². The maximum atomic E-state index is 5.86. The van der Waals surface area contributed by atoms with Gasteiger partial charge in [0.2, 0.25) is 0 Å². The van der Waals surface area contributed by atoms with Crippen LogP contribution in [-0.2, 0) is 7.05 Å². The Hall–Kier alpha value is -1.97. The molecule has 1 heterocycles. The van der Waals surface area contributed by atoms with Crippen molar-refractivity contribution in [2.24, 2.45) is 7.05 Å². The second kappa shape index (κ2) is 4.13. The molecule has 17 heavy (non-hydrogen) atoms. The summed E-state index contributed by atoms with van der Waals surface area (Å²) in [4.78, 5) is 0. The number of aryl methyl sites for hydroxylation is 3. The average molecular weight is 231 g/mol. The molecule has 90 valence electrons. The van der Waals surface area contributed by atoms with E-state index < -0.39 is 0 Å². The summed E-state index contributed by atoms with van der Waals surface area (Å²) < 4.78 is 7.67. The van der Waals surface area contributed by atoms with Crippen LogP contribution in [0.3, 0.4) is 0 Å². The van der Waals surface area contributed by atoms with Gasteiger partial charge in [0.15, 0.2) is 5.75 Å². The number of aromatic nitrogens is 2. The molecule has 2 rings (SSSR count). The summed E-state index contributed by atoms with van der Waals surface area (Å²) in [5.74, 6) is 1.55. The van der Waals surface area contributed by atoms with Gasteiger partial charge in [-0.3, -0.25) is 4.68 Å². The van der Waals surface area contributed by atoms with Gasteiger partial charge in [-0.2, -0.15) is 5.10 Å². The minimum Gasteiger partial charge on any atom is -0.453 e. The number of rotatable bonds is 2. The molecular formula is C13H17N3O. The van der Waals surface area contributed by atoms with Crippen molar-refractivity contribution in [3.8, 4) is 11.5 Å². The zero-order valence-electron chi connectivity index (χ0n) is 10.6. The second-order valence-corrected chi connectivity index (χ2v) is 4.31. The fourth-order valence-electron chi connectivity index (χ4n) is 1.86. The molecule has 0 atom stereocenters. The average Bonchev–Trinajstić information content (AvgIpc) is 2.44. The van der Waals surface area contributed by atoms with E-state index in [0.717, 1.165) is 28.5 Å². The highest BCUT2D eigenvalue weighted by Crippen LogP contribution is 2.29. The molecule has 0 spiro atoms. The summed E-state index contributed by atoms with van der Waals surface area (Å²) >= 11 is 0. The Morgan fingerprint density at radius 2 is 1.88 bits per heavy atom. The summed E-state index contributed by atoms with van der Waals surface area (Å²) in [5, 5.41) is 4.31. The highest BCUT2D eigenvalue weighted by Gasteiger charge is 2.11. The number of hydrogen-bond acceptors (Lipinski definition) is 3. The fraction of sp³-hybridized carbons (Fsp3) is 0.308. The lowest BCUT2D eigenvalue weighted by atomic mass is 10.2. The van der Waals surface area contributed by atoms with Gasteiger partial charge in [-0.05, 0) is 38.5 Å². The van der Waals surface area contributed by atoms with Gasteiger partial charge < -0.3 is 10.5 Å². The van der Waals surface area contributed by atoms with E-state index >= 15 is 0 Å². The molecule has 2 aromatic rings. The van der Waals surface area contributed by atoms with E-state index in [9.17, 15) is 0 Å². The van der Waals surface area contributed by atoms with E-state index in [0.29, 0.717) is 5.69 Å².